The van der Waals surface area contributed by atoms with Crippen LogP contribution in [0.2, 0.25) is 0 Å². The van der Waals surface area contributed by atoms with E-state index in [4.69, 9.17) is 4.74 Å². The molecular weight excluding hydrogens is 312 g/mol. The summed E-state index contributed by atoms with van der Waals surface area (Å²) in [6, 6.07) is 0. The molecular formula is C15H26N6O3. The van der Waals surface area contributed by atoms with E-state index < -0.39 is 0 Å². The van der Waals surface area contributed by atoms with Gasteiger partial charge in [0.1, 0.15) is 12.9 Å². The fourth-order valence-corrected chi connectivity index (χ4v) is 3.81. The lowest BCUT2D eigenvalue weighted by atomic mass is 9.96. The highest BCUT2D eigenvalue weighted by Crippen LogP contribution is 2.25. The average Bonchev–Trinajstić information content (AvgIpc) is 3.15. The predicted octanol–water partition coefficient (Wildman–Crippen LogP) is -1.15. The first kappa shape index (κ1) is 17.2. The number of likely N-dealkylation sites (tertiary alicyclic amines) is 1. The lowest BCUT2D eigenvalue weighted by Crippen LogP contribution is -2.48. The zero-order chi connectivity index (χ0) is 17.1. The normalized spacial score (nSPS) is 31.5. The van der Waals surface area contributed by atoms with Crippen LogP contribution in [-0.4, -0.2) is 92.6 Å². The molecule has 0 bridgehead atoms. The second-order valence-corrected chi connectivity index (χ2v) is 6.98. The number of aliphatic hydroxyl groups excluding tert-OH is 1. The lowest BCUT2D eigenvalue weighted by Gasteiger charge is -2.37. The molecule has 1 N–H and O–H groups in total. The third-order valence-electron chi connectivity index (χ3n) is 4.84. The van der Waals surface area contributed by atoms with Crippen molar-refractivity contribution in [3.8, 4) is 0 Å². The predicted molar refractivity (Wildman–Crippen MR) is 84.9 cm³/mol. The Morgan fingerprint density at radius 1 is 1.21 bits per heavy atom. The molecule has 0 aliphatic carbocycles. The van der Waals surface area contributed by atoms with Crippen molar-refractivity contribution in [3.05, 3.63) is 6.33 Å². The molecule has 134 valence electrons. The van der Waals surface area contributed by atoms with Gasteiger partial charge in [-0.25, -0.2) is 4.68 Å². The maximum absolute atomic E-state index is 12.4. The van der Waals surface area contributed by atoms with Gasteiger partial charge in [-0.15, -0.1) is 5.10 Å². The molecule has 3 heterocycles. The number of ether oxygens (including phenoxy) is 1. The first-order chi connectivity index (χ1) is 11.5. The molecule has 1 aromatic rings. The van der Waals surface area contributed by atoms with Gasteiger partial charge in [0.15, 0.2) is 0 Å². The Morgan fingerprint density at radius 3 is 2.54 bits per heavy atom. The summed E-state index contributed by atoms with van der Waals surface area (Å²) in [6.45, 7) is 8.38. The van der Waals surface area contributed by atoms with Crippen LogP contribution >= 0.6 is 0 Å². The number of hydrogen-bond donors (Lipinski definition) is 1. The van der Waals surface area contributed by atoms with E-state index in [0.717, 1.165) is 19.6 Å². The lowest BCUT2D eigenvalue weighted by molar-refractivity contribution is -0.131. The summed E-state index contributed by atoms with van der Waals surface area (Å²) < 4.78 is 7.20. The van der Waals surface area contributed by atoms with E-state index in [2.05, 4.69) is 34.3 Å². The van der Waals surface area contributed by atoms with Crippen molar-refractivity contribution in [3.63, 3.8) is 0 Å². The third-order valence-corrected chi connectivity index (χ3v) is 4.84. The first-order valence-electron chi connectivity index (χ1n) is 8.52. The molecule has 0 saturated carbocycles. The van der Waals surface area contributed by atoms with Crippen LogP contribution in [-0.2, 0) is 16.1 Å². The van der Waals surface area contributed by atoms with E-state index in [-0.39, 0.29) is 43.1 Å². The Labute approximate surface area is 141 Å². The van der Waals surface area contributed by atoms with E-state index >= 15 is 0 Å². The number of hydrogen-bond acceptors (Lipinski definition) is 7. The number of nitrogens with zero attached hydrogens (tertiary/aromatic N) is 6. The van der Waals surface area contributed by atoms with Gasteiger partial charge in [-0.1, -0.05) is 0 Å². The Morgan fingerprint density at radius 2 is 1.92 bits per heavy atom. The van der Waals surface area contributed by atoms with Gasteiger partial charge in [-0.05, 0) is 30.2 Å². The van der Waals surface area contributed by atoms with Crippen LogP contribution < -0.4 is 0 Å². The maximum Gasteiger partial charge on any atom is 0.244 e. The molecule has 1 amide bonds. The molecule has 4 atom stereocenters. The fraction of sp³-hybridized carbons (Fsp3) is 0.867. The van der Waals surface area contributed by atoms with Crippen molar-refractivity contribution in [1.29, 1.82) is 0 Å². The highest BCUT2D eigenvalue weighted by molar-refractivity contribution is 5.76. The van der Waals surface area contributed by atoms with E-state index in [9.17, 15) is 9.90 Å². The molecule has 0 unspecified atom stereocenters. The van der Waals surface area contributed by atoms with E-state index in [1.54, 1.807) is 0 Å². The van der Waals surface area contributed by atoms with Crippen LogP contribution in [0.1, 0.15) is 13.8 Å². The fourth-order valence-electron chi connectivity index (χ4n) is 3.81. The second-order valence-electron chi connectivity index (χ2n) is 6.98. The first-order valence-corrected chi connectivity index (χ1v) is 8.52. The monoisotopic (exact) mass is 338 g/mol. The standard InChI is InChI=1S/C15H26N6O3/c1-11-3-19(4-12(2)24-11)5-13-6-20(7-14(13)9-22)15(23)8-21-10-16-17-18-21/h10-14,22H,3-9H2,1-2H3/t11-,12+,13-,14-/m0/s1. The van der Waals surface area contributed by atoms with Crippen molar-refractivity contribution >= 4 is 5.91 Å². The highest BCUT2D eigenvalue weighted by atomic mass is 16.5. The van der Waals surface area contributed by atoms with Crippen LogP contribution in [0.4, 0.5) is 0 Å². The number of amides is 1. The molecule has 0 radical (unpaired) electrons. The maximum atomic E-state index is 12.4. The van der Waals surface area contributed by atoms with Crippen molar-refractivity contribution in [2.75, 3.05) is 39.3 Å². The number of rotatable bonds is 5. The van der Waals surface area contributed by atoms with E-state index in [0.29, 0.717) is 13.1 Å². The topological polar surface area (TPSA) is 96.6 Å². The van der Waals surface area contributed by atoms with E-state index in [1.165, 1.54) is 11.0 Å². The summed E-state index contributed by atoms with van der Waals surface area (Å²) in [5, 5.41) is 20.5. The van der Waals surface area contributed by atoms with Gasteiger partial charge in [0.2, 0.25) is 5.91 Å². The number of aromatic nitrogens is 4. The minimum Gasteiger partial charge on any atom is -0.396 e. The molecule has 2 aliphatic heterocycles. The molecule has 3 rings (SSSR count). The summed E-state index contributed by atoms with van der Waals surface area (Å²) in [6.07, 6.45) is 1.88. The second kappa shape index (κ2) is 7.54. The Hall–Kier alpha value is -1.58. The van der Waals surface area contributed by atoms with Crippen LogP contribution in [0.5, 0.6) is 0 Å². The Bertz CT molecular complexity index is 529. The number of aliphatic hydroxyl groups is 1. The molecule has 0 spiro atoms. The average molecular weight is 338 g/mol. The zero-order valence-corrected chi connectivity index (χ0v) is 14.3. The van der Waals surface area contributed by atoms with Gasteiger partial charge in [-0.2, -0.15) is 0 Å². The Kier molecular flexibility index (Phi) is 5.42. The molecule has 24 heavy (non-hydrogen) atoms. The van der Waals surface area contributed by atoms with Gasteiger partial charge in [-0.3, -0.25) is 9.69 Å². The van der Waals surface area contributed by atoms with Crippen molar-refractivity contribution in [2.45, 2.75) is 32.6 Å². The largest absolute Gasteiger partial charge is 0.396 e. The Balaban J connectivity index is 1.56. The smallest absolute Gasteiger partial charge is 0.244 e. The number of tetrazole rings is 1. The molecule has 2 saturated heterocycles. The number of carbonyl (C=O) groups is 1. The van der Waals surface area contributed by atoms with Gasteiger partial charge in [0.05, 0.1) is 12.2 Å². The van der Waals surface area contributed by atoms with Crippen molar-refractivity contribution in [2.24, 2.45) is 11.8 Å². The summed E-state index contributed by atoms with van der Waals surface area (Å²) >= 11 is 0. The van der Waals surface area contributed by atoms with Gasteiger partial charge in [0, 0.05) is 45.2 Å². The van der Waals surface area contributed by atoms with Crippen LogP contribution in [0.25, 0.3) is 0 Å². The zero-order valence-electron chi connectivity index (χ0n) is 14.3. The number of carbonyl (C=O) groups excluding carboxylic acids is 1. The summed E-state index contributed by atoms with van der Waals surface area (Å²) in [7, 11) is 0. The third kappa shape index (κ3) is 4.08. The molecule has 2 fully saturated rings. The number of morpholine rings is 1. The molecule has 9 heteroatoms. The molecule has 2 aliphatic rings. The van der Waals surface area contributed by atoms with Gasteiger partial charge < -0.3 is 14.7 Å². The molecule has 1 aromatic heterocycles. The molecule has 0 aromatic carbocycles. The van der Waals surface area contributed by atoms with Crippen LogP contribution in [0.15, 0.2) is 6.33 Å². The summed E-state index contributed by atoms with van der Waals surface area (Å²) in [5.41, 5.74) is 0. The molecule has 9 nitrogen and oxygen atoms in total. The van der Waals surface area contributed by atoms with Crippen LogP contribution in [0, 0.1) is 11.8 Å². The summed E-state index contributed by atoms with van der Waals surface area (Å²) in [5.74, 6) is 0.397. The van der Waals surface area contributed by atoms with Gasteiger partial charge >= 0.3 is 0 Å². The minimum atomic E-state index is -0.00744. The van der Waals surface area contributed by atoms with E-state index in [1.807, 2.05) is 4.90 Å². The van der Waals surface area contributed by atoms with Crippen LogP contribution in [0.3, 0.4) is 0 Å². The minimum absolute atomic E-state index is 0.00744. The van der Waals surface area contributed by atoms with Crippen molar-refractivity contribution in [1.82, 2.24) is 30.0 Å². The van der Waals surface area contributed by atoms with Gasteiger partial charge in [0.25, 0.3) is 0 Å². The summed E-state index contributed by atoms with van der Waals surface area (Å²) in [4.78, 5) is 16.6. The SMILES string of the molecule is C[C@@H]1CN(C[C@H]2CN(C(=O)Cn3cnnn3)C[C@H]2CO)C[C@H](C)O1. The highest BCUT2D eigenvalue weighted by Gasteiger charge is 2.36. The van der Waals surface area contributed by atoms with Crippen molar-refractivity contribution < 1.29 is 14.6 Å². The quantitative estimate of drug-likeness (QED) is 0.724.